The first kappa shape index (κ1) is 13.4. The number of anilines is 1. The zero-order valence-corrected chi connectivity index (χ0v) is 9.53. The first-order chi connectivity index (χ1) is 8.80. The summed E-state index contributed by atoms with van der Waals surface area (Å²) in [5.74, 6) is -3.62. The van der Waals surface area contributed by atoms with Gasteiger partial charge in [-0.05, 0) is 12.8 Å². The van der Waals surface area contributed by atoms with Crippen LogP contribution in [0.4, 0.5) is 19.2 Å². The van der Waals surface area contributed by atoms with Crippen LogP contribution >= 0.6 is 0 Å². The lowest BCUT2D eigenvalue weighted by atomic mass is 10.1. The minimum atomic E-state index is -4.95. The minimum absolute atomic E-state index is 0.162. The van der Waals surface area contributed by atoms with Crippen molar-refractivity contribution in [3.05, 3.63) is 11.5 Å². The molecule has 19 heavy (non-hydrogen) atoms. The highest BCUT2D eigenvalue weighted by Crippen LogP contribution is 2.34. The third-order valence-corrected chi connectivity index (χ3v) is 2.63. The summed E-state index contributed by atoms with van der Waals surface area (Å²) in [5, 5.41) is 8.67. The molecule has 0 atom stereocenters. The first-order valence-electron chi connectivity index (χ1n) is 5.42. The number of nitrogens with zero attached hydrogens (tertiary/aromatic N) is 2. The number of hydrogen-bond donors (Lipinski definition) is 1. The second-order valence-electron chi connectivity index (χ2n) is 3.98. The lowest BCUT2D eigenvalue weighted by Crippen LogP contribution is -2.35. The lowest BCUT2D eigenvalue weighted by Gasteiger charge is -2.22. The first-order valence-corrected chi connectivity index (χ1v) is 5.42. The van der Waals surface area contributed by atoms with E-state index >= 15 is 0 Å². The van der Waals surface area contributed by atoms with Crippen LogP contribution in [0, 0.1) is 0 Å². The van der Waals surface area contributed by atoms with Gasteiger partial charge < -0.3 is 9.52 Å². The molecular formula is C10H9F3N2O4. The Hall–Kier alpha value is -2.06. The summed E-state index contributed by atoms with van der Waals surface area (Å²) in [6, 6.07) is -0.616. The van der Waals surface area contributed by atoms with Crippen molar-refractivity contribution in [1.29, 1.82) is 0 Å². The molecule has 0 saturated carbocycles. The van der Waals surface area contributed by atoms with Gasteiger partial charge in [0, 0.05) is 13.0 Å². The number of rotatable bonds is 2. The van der Waals surface area contributed by atoms with Crippen molar-refractivity contribution >= 4 is 17.9 Å². The van der Waals surface area contributed by atoms with E-state index in [1.165, 1.54) is 0 Å². The molecule has 1 aromatic rings. The highest BCUT2D eigenvalue weighted by molar-refractivity contribution is 5.93. The topological polar surface area (TPSA) is 83.6 Å². The Morgan fingerprint density at radius 1 is 1.37 bits per heavy atom. The van der Waals surface area contributed by atoms with Gasteiger partial charge in [-0.2, -0.15) is 18.2 Å². The molecular weight excluding hydrogens is 269 g/mol. The third-order valence-electron chi connectivity index (χ3n) is 2.63. The van der Waals surface area contributed by atoms with Crippen molar-refractivity contribution < 1.29 is 32.3 Å². The van der Waals surface area contributed by atoms with Crippen LogP contribution in [0.15, 0.2) is 4.42 Å². The summed E-state index contributed by atoms with van der Waals surface area (Å²) < 4.78 is 42.4. The number of alkyl halides is 3. The van der Waals surface area contributed by atoms with Gasteiger partial charge in [0.1, 0.15) is 0 Å². The molecule has 0 spiro atoms. The predicted molar refractivity (Wildman–Crippen MR) is 54.7 cm³/mol. The Balaban J connectivity index is 2.43. The van der Waals surface area contributed by atoms with E-state index in [2.05, 4.69) is 9.40 Å². The zero-order valence-electron chi connectivity index (χ0n) is 9.53. The van der Waals surface area contributed by atoms with Crippen molar-refractivity contribution in [2.24, 2.45) is 0 Å². The Morgan fingerprint density at radius 2 is 2.05 bits per heavy atom. The van der Waals surface area contributed by atoms with Gasteiger partial charge in [-0.25, -0.2) is 4.79 Å². The van der Waals surface area contributed by atoms with Gasteiger partial charge >= 0.3 is 18.2 Å². The van der Waals surface area contributed by atoms with Crippen molar-refractivity contribution in [2.45, 2.75) is 25.4 Å². The van der Waals surface area contributed by atoms with Crippen molar-refractivity contribution in [2.75, 3.05) is 11.4 Å². The molecule has 1 aliphatic heterocycles. The summed E-state index contributed by atoms with van der Waals surface area (Å²) in [6.07, 6.45) is -3.55. The van der Waals surface area contributed by atoms with Crippen LogP contribution in [0.1, 0.15) is 35.5 Å². The number of carbonyl (C=O) groups is 2. The molecule has 1 aromatic heterocycles. The number of aromatic carboxylic acids is 1. The van der Waals surface area contributed by atoms with Crippen LogP contribution in [-0.4, -0.2) is 28.5 Å². The van der Waals surface area contributed by atoms with Gasteiger partial charge in [-0.1, -0.05) is 0 Å². The molecule has 2 heterocycles. The number of carboxylic acids is 1. The Labute approximate surface area is 104 Å². The fraction of sp³-hybridized carbons (Fsp3) is 0.500. The fourth-order valence-corrected chi connectivity index (χ4v) is 1.77. The van der Waals surface area contributed by atoms with Gasteiger partial charge in [0.2, 0.25) is 11.7 Å². The van der Waals surface area contributed by atoms with Crippen LogP contribution in [-0.2, 0) is 11.0 Å². The van der Waals surface area contributed by atoms with Crippen LogP contribution in [0.2, 0.25) is 0 Å². The number of amides is 1. The van der Waals surface area contributed by atoms with E-state index in [1.54, 1.807) is 0 Å². The molecule has 0 unspecified atom stereocenters. The van der Waals surface area contributed by atoms with Gasteiger partial charge in [0.15, 0.2) is 5.69 Å². The van der Waals surface area contributed by atoms with E-state index in [0.717, 1.165) is 4.90 Å². The number of piperidine rings is 1. The quantitative estimate of drug-likeness (QED) is 0.893. The average Bonchev–Trinajstić information content (AvgIpc) is 2.74. The molecule has 0 aliphatic carbocycles. The molecule has 6 nitrogen and oxygen atoms in total. The van der Waals surface area contributed by atoms with Crippen molar-refractivity contribution in [3.8, 4) is 0 Å². The molecule has 1 saturated heterocycles. The summed E-state index contributed by atoms with van der Waals surface area (Å²) in [5.41, 5.74) is -1.63. The smallest absolute Gasteiger partial charge is 0.437 e. The van der Waals surface area contributed by atoms with E-state index in [1.807, 2.05) is 0 Å². The maximum absolute atomic E-state index is 12.6. The van der Waals surface area contributed by atoms with Gasteiger partial charge in [0.25, 0.3) is 0 Å². The minimum Gasteiger partial charge on any atom is -0.475 e. The van der Waals surface area contributed by atoms with Crippen molar-refractivity contribution in [3.63, 3.8) is 0 Å². The van der Waals surface area contributed by atoms with E-state index in [0.29, 0.717) is 12.8 Å². The predicted octanol–water partition coefficient (Wildman–Crippen LogP) is 1.91. The van der Waals surface area contributed by atoms with E-state index in [-0.39, 0.29) is 13.0 Å². The Kier molecular flexibility index (Phi) is 3.21. The van der Waals surface area contributed by atoms with E-state index in [9.17, 15) is 22.8 Å². The second-order valence-corrected chi connectivity index (χ2v) is 3.98. The summed E-state index contributed by atoms with van der Waals surface area (Å²) in [4.78, 5) is 26.3. The van der Waals surface area contributed by atoms with E-state index in [4.69, 9.17) is 5.11 Å². The molecule has 1 aliphatic rings. The van der Waals surface area contributed by atoms with Crippen LogP contribution < -0.4 is 4.90 Å². The van der Waals surface area contributed by atoms with Crippen molar-refractivity contribution in [1.82, 2.24) is 4.98 Å². The van der Waals surface area contributed by atoms with Gasteiger partial charge in [-0.3, -0.25) is 9.69 Å². The molecule has 1 amide bonds. The third kappa shape index (κ3) is 2.54. The molecule has 0 bridgehead atoms. The number of carbonyl (C=O) groups excluding carboxylic acids is 1. The van der Waals surface area contributed by atoms with Crippen LogP contribution in [0.3, 0.4) is 0 Å². The monoisotopic (exact) mass is 278 g/mol. The lowest BCUT2D eigenvalue weighted by molar-refractivity contribution is -0.141. The highest BCUT2D eigenvalue weighted by atomic mass is 19.4. The number of oxazole rings is 1. The van der Waals surface area contributed by atoms with E-state index < -0.39 is 35.5 Å². The summed E-state index contributed by atoms with van der Waals surface area (Å²) >= 11 is 0. The molecule has 0 radical (unpaired) electrons. The standard InChI is InChI=1S/C10H9F3N2O4/c11-10(12,13)7-6(8(17)18)19-9(14-7)15-4-2-1-3-5(15)16/h1-4H2,(H,17,18). The number of halogens is 3. The normalized spacial score (nSPS) is 16.8. The summed E-state index contributed by atoms with van der Waals surface area (Å²) in [6.45, 7) is 0.162. The molecule has 1 fully saturated rings. The molecule has 0 aromatic carbocycles. The molecule has 2 rings (SSSR count). The largest absolute Gasteiger partial charge is 0.475 e. The summed E-state index contributed by atoms with van der Waals surface area (Å²) in [7, 11) is 0. The number of hydrogen-bond acceptors (Lipinski definition) is 4. The number of aromatic nitrogens is 1. The molecule has 9 heteroatoms. The van der Waals surface area contributed by atoms with Crippen LogP contribution in [0.5, 0.6) is 0 Å². The Morgan fingerprint density at radius 3 is 2.53 bits per heavy atom. The highest BCUT2D eigenvalue weighted by Gasteiger charge is 2.42. The number of carboxylic acid groups (broad SMARTS) is 1. The zero-order chi connectivity index (χ0) is 14.2. The van der Waals surface area contributed by atoms with Gasteiger partial charge in [0.05, 0.1) is 0 Å². The maximum Gasteiger partial charge on any atom is 0.437 e. The molecule has 1 N–H and O–H groups in total. The second kappa shape index (κ2) is 4.56. The fourth-order valence-electron chi connectivity index (χ4n) is 1.77. The Bertz CT molecular complexity index is 523. The average molecular weight is 278 g/mol. The van der Waals surface area contributed by atoms with Gasteiger partial charge in [-0.15, -0.1) is 0 Å². The molecule has 104 valence electrons. The van der Waals surface area contributed by atoms with Crippen LogP contribution in [0.25, 0.3) is 0 Å². The SMILES string of the molecule is O=C(O)c1oc(N2CCCCC2=O)nc1C(F)(F)F. The maximum atomic E-state index is 12.6.